The number of aromatic nitrogens is 1. The minimum atomic E-state index is -1.00. The number of amides is 1. The van der Waals surface area contributed by atoms with Crippen molar-refractivity contribution in [1.82, 2.24) is 9.88 Å². The maximum absolute atomic E-state index is 12.4. The molecule has 0 aliphatic heterocycles. The summed E-state index contributed by atoms with van der Waals surface area (Å²) >= 11 is 1.30. The minimum Gasteiger partial charge on any atom is -0.480 e. The first-order chi connectivity index (χ1) is 10.0. The van der Waals surface area contributed by atoms with Gasteiger partial charge in [-0.25, -0.2) is 4.79 Å². The third kappa shape index (κ3) is 3.33. The van der Waals surface area contributed by atoms with E-state index in [0.717, 1.165) is 5.69 Å². The molecule has 2 aromatic rings. The lowest BCUT2D eigenvalue weighted by molar-refractivity contribution is -0.140. The van der Waals surface area contributed by atoms with E-state index in [1.807, 2.05) is 54.4 Å². The van der Waals surface area contributed by atoms with E-state index in [-0.39, 0.29) is 11.8 Å². The molecule has 1 amide bonds. The SMILES string of the molecule is CC[C@H](C)[C@H](NC(=O)c1sccc1-n1cccc1)C(=O)O. The summed E-state index contributed by atoms with van der Waals surface area (Å²) in [5, 5.41) is 13.7. The van der Waals surface area contributed by atoms with E-state index in [4.69, 9.17) is 0 Å². The van der Waals surface area contributed by atoms with Crippen LogP contribution >= 0.6 is 11.3 Å². The number of carboxylic acid groups (broad SMARTS) is 1. The number of nitrogens with one attached hydrogen (secondary N) is 1. The van der Waals surface area contributed by atoms with Crippen LogP contribution in [0.15, 0.2) is 36.0 Å². The van der Waals surface area contributed by atoms with Gasteiger partial charge in [-0.05, 0) is 29.5 Å². The van der Waals surface area contributed by atoms with Crippen LogP contribution in [0.2, 0.25) is 0 Å². The van der Waals surface area contributed by atoms with Gasteiger partial charge in [-0.2, -0.15) is 0 Å². The Bertz CT molecular complexity index is 619. The molecule has 2 atom stereocenters. The Kier molecular flexibility index (Phi) is 4.80. The molecule has 5 nitrogen and oxygen atoms in total. The molecule has 0 fully saturated rings. The third-order valence-electron chi connectivity index (χ3n) is 3.50. The van der Waals surface area contributed by atoms with Crippen molar-refractivity contribution < 1.29 is 14.7 Å². The largest absolute Gasteiger partial charge is 0.480 e. The van der Waals surface area contributed by atoms with Gasteiger partial charge in [-0.1, -0.05) is 20.3 Å². The Morgan fingerprint density at radius 3 is 2.62 bits per heavy atom. The first kappa shape index (κ1) is 15.3. The summed E-state index contributed by atoms with van der Waals surface area (Å²) in [6.45, 7) is 3.73. The Morgan fingerprint density at radius 2 is 2.05 bits per heavy atom. The highest BCUT2D eigenvalue weighted by Gasteiger charge is 2.27. The Labute approximate surface area is 127 Å². The van der Waals surface area contributed by atoms with E-state index in [9.17, 15) is 14.7 Å². The number of carbonyl (C=O) groups excluding carboxylic acids is 1. The Morgan fingerprint density at radius 1 is 1.38 bits per heavy atom. The molecule has 0 saturated carbocycles. The number of hydrogen-bond donors (Lipinski definition) is 2. The Hall–Kier alpha value is -2.08. The highest BCUT2D eigenvalue weighted by atomic mass is 32.1. The molecular weight excluding hydrogens is 288 g/mol. The number of carbonyl (C=O) groups is 2. The van der Waals surface area contributed by atoms with Crippen molar-refractivity contribution in [2.75, 3.05) is 0 Å². The van der Waals surface area contributed by atoms with Crippen molar-refractivity contribution in [3.63, 3.8) is 0 Å². The molecule has 0 unspecified atom stereocenters. The molecule has 0 aliphatic rings. The topological polar surface area (TPSA) is 71.3 Å². The second-order valence-corrected chi connectivity index (χ2v) is 5.82. The van der Waals surface area contributed by atoms with Gasteiger partial charge in [0.1, 0.15) is 10.9 Å². The summed E-state index contributed by atoms with van der Waals surface area (Å²) in [6, 6.07) is 4.72. The highest BCUT2D eigenvalue weighted by Crippen LogP contribution is 2.22. The fourth-order valence-corrected chi connectivity index (χ4v) is 2.85. The molecule has 0 bridgehead atoms. The number of hydrogen-bond acceptors (Lipinski definition) is 3. The molecule has 21 heavy (non-hydrogen) atoms. The molecule has 2 heterocycles. The molecule has 2 aromatic heterocycles. The van der Waals surface area contributed by atoms with Gasteiger partial charge in [0.25, 0.3) is 5.91 Å². The first-order valence-electron chi connectivity index (χ1n) is 6.79. The van der Waals surface area contributed by atoms with Crippen molar-refractivity contribution in [3.8, 4) is 5.69 Å². The number of nitrogens with zero attached hydrogens (tertiary/aromatic N) is 1. The fraction of sp³-hybridized carbons (Fsp3) is 0.333. The van der Waals surface area contributed by atoms with Gasteiger partial charge < -0.3 is 15.0 Å². The molecule has 0 aromatic carbocycles. The summed E-state index contributed by atoms with van der Waals surface area (Å²) < 4.78 is 1.84. The van der Waals surface area contributed by atoms with Crippen molar-refractivity contribution in [1.29, 1.82) is 0 Å². The summed E-state index contributed by atoms with van der Waals surface area (Å²) in [6.07, 6.45) is 4.39. The van der Waals surface area contributed by atoms with E-state index >= 15 is 0 Å². The third-order valence-corrected chi connectivity index (χ3v) is 4.40. The molecule has 0 saturated heterocycles. The summed E-state index contributed by atoms with van der Waals surface area (Å²) in [7, 11) is 0. The average molecular weight is 306 g/mol. The van der Waals surface area contributed by atoms with E-state index in [2.05, 4.69) is 5.32 Å². The van der Waals surface area contributed by atoms with Gasteiger partial charge in [0.15, 0.2) is 0 Å². The molecule has 2 N–H and O–H groups in total. The molecule has 0 radical (unpaired) electrons. The lowest BCUT2D eigenvalue weighted by Gasteiger charge is -2.20. The second-order valence-electron chi connectivity index (χ2n) is 4.90. The minimum absolute atomic E-state index is 0.124. The molecule has 0 aliphatic carbocycles. The van der Waals surface area contributed by atoms with Crippen LogP contribution in [0.1, 0.15) is 29.9 Å². The lowest BCUT2D eigenvalue weighted by Crippen LogP contribution is -2.45. The van der Waals surface area contributed by atoms with Crippen LogP contribution in [0.4, 0.5) is 0 Å². The highest BCUT2D eigenvalue weighted by molar-refractivity contribution is 7.12. The molecule has 112 valence electrons. The van der Waals surface area contributed by atoms with Crippen LogP contribution in [0, 0.1) is 5.92 Å². The quantitative estimate of drug-likeness (QED) is 0.862. The summed E-state index contributed by atoms with van der Waals surface area (Å²) in [5.74, 6) is -1.47. The van der Waals surface area contributed by atoms with Crippen molar-refractivity contribution >= 4 is 23.2 Å². The second kappa shape index (κ2) is 6.58. The van der Waals surface area contributed by atoms with Crippen molar-refractivity contribution in [2.24, 2.45) is 5.92 Å². The maximum atomic E-state index is 12.4. The molecule has 2 rings (SSSR count). The van der Waals surface area contributed by atoms with Crippen molar-refractivity contribution in [3.05, 3.63) is 40.8 Å². The maximum Gasteiger partial charge on any atom is 0.326 e. The zero-order valence-electron chi connectivity index (χ0n) is 11.9. The summed E-state index contributed by atoms with van der Waals surface area (Å²) in [5.41, 5.74) is 0.760. The van der Waals surface area contributed by atoms with Crippen molar-refractivity contribution in [2.45, 2.75) is 26.3 Å². The number of carboxylic acids is 1. The zero-order valence-corrected chi connectivity index (χ0v) is 12.8. The fourth-order valence-electron chi connectivity index (χ4n) is 2.06. The number of rotatable bonds is 6. The van der Waals surface area contributed by atoms with Gasteiger partial charge in [0.2, 0.25) is 0 Å². The molecular formula is C15H18N2O3S. The summed E-state index contributed by atoms with van der Waals surface area (Å²) in [4.78, 5) is 24.2. The van der Waals surface area contributed by atoms with Gasteiger partial charge in [-0.3, -0.25) is 4.79 Å². The van der Waals surface area contributed by atoms with Gasteiger partial charge in [-0.15, -0.1) is 11.3 Å². The van der Waals surface area contributed by atoms with E-state index in [1.165, 1.54) is 11.3 Å². The first-order valence-corrected chi connectivity index (χ1v) is 7.67. The molecule has 6 heteroatoms. The predicted octanol–water partition coefficient (Wildman–Crippen LogP) is 2.77. The smallest absolute Gasteiger partial charge is 0.326 e. The lowest BCUT2D eigenvalue weighted by atomic mass is 9.99. The monoisotopic (exact) mass is 306 g/mol. The number of thiophene rings is 1. The van der Waals surface area contributed by atoms with Crippen LogP contribution in [-0.2, 0) is 4.79 Å². The van der Waals surface area contributed by atoms with E-state index < -0.39 is 12.0 Å². The standard InChI is InChI=1S/C15H18N2O3S/c1-3-10(2)12(15(19)20)16-14(18)13-11(6-9-21-13)17-7-4-5-8-17/h4-10,12H,3H2,1-2H3,(H,16,18)(H,19,20)/t10-,12-/m0/s1. The van der Waals surface area contributed by atoms with Crippen LogP contribution in [0.5, 0.6) is 0 Å². The van der Waals surface area contributed by atoms with Gasteiger partial charge >= 0.3 is 5.97 Å². The predicted molar refractivity (Wildman–Crippen MR) is 82.0 cm³/mol. The zero-order chi connectivity index (χ0) is 15.4. The molecule has 0 spiro atoms. The van der Waals surface area contributed by atoms with Crippen LogP contribution in [-0.4, -0.2) is 27.6 Å². The van der Waals surface area contributed by atoms with Gasteiger partial charge in [0.05, 0.1) is 5.69 Å². The van der Waals surface area contributed by atoms with Gasteiger partial charge in [0, 0.05) is 12.4 Å². The van der Waals surface area contributed by atoms with Crippen LogP contribution in [0.25, 0.3) is 5.69 Å². The Balaban J connectivity index is 2.21. The van der Waals surface area contributed by atoms with Crippen LogP contribution in [0.3, 0.4) is 0 Å². The van der Waals surface area contributed by atoms with E-state index in [1.54, 1.807) is 0 Å². The normalized spacial score (nSPS) is 13.6. The van der Waals surface area contributed by atoms with Crippen LogP contribution < -0.4 is 5.32 Å². The average Bonchev–Trinajstić information content (AvgIpc) is 3.12. The number of aliphatic carboxylic acids is 1. The van der Waals surface area contributed by atoms with E-state index in [0.29, 0.717) is 11.3 Å².